The third kappa shape index (κ3) is 3.79. The molecule has 0 fully saturated rings. The van der Waals surface area contributed by atoms with E-state index in [1.807, 2.05) is 43.5 Å². The lowest BCUT2D eigenvalue weighted by Gasteiger charge is -2.17. The molecule has 0 aliphatic heterocycles. The van der Waals surface area contributed by atoms with E-state index in [-0.39, 0.29) is 11.5 Å². The van der Waals surface area contributed by atoms with Crippen molar-refractivity contribution < 1.29 is 4.79 Å². The summed E-state index contributed by atoms with van der Waals surface area (Å²) in [6.45, 7) is 9.81. The Morgan fingerprint density at radius 1 is 1.06 bits per heavy atom. The molecule has 0 saturated carbocycles. The summed E-state index contributed by atoms with van der Waals surface area (Å²) in [6.07, 6.45) is 1.47. The van der Waals surface area contributed by atoms with Crippen molar-refractivity contribution in [3.8, 4) is 11.1 Å². The zero-order chi connectivity index (χ0) is 22.3. The van der Waals surface area contributed by atoms with Crippen LogP contribution in [0.2, 0.25) is 0 Å². The Balaban J connectivity index is 1.73. The number of nitrogens with one attached hydrogen (secondary N) is 1. The minimum atomic E-state index is -0.697. The molecule has 4 rings (SSSR count). The van der Waals surface area contributed by atoms with Crippen LogP contribution in [0.4, 0.5) is 5.69 Å². The minimum absolute atomic E-state index is 0.205. The number of fused-ring (bicyclic) bond motifs is 1. The molecule has 0 aliphatic rings. The van der Waals surface area contributed by atoms with E-state index in [1.165, 1.54) is 33.4 Å². The first kappa shape index (κ1) is 21.0. The molecule has 1 unspecified atom stereocenters. The number of anilines is 1. The van der Waals surface area contributed by atoms with Crippen LogP contribution in [0.5, 0.6) is 0 Å². The molecule has 6 heteroatoms. The van der Waals surface area contributed by atoms with E-state index < -0.39 is 6.04 Å². The Bertz CT molecular complexity index is 1370. The van der Waals surface area contributed by atoms with Gasteiger partial charge in [0.1, 0.15) is 10.9 Å². The standard InChI is InChI=1S/C25H25N3O2S/c1-14-9-10-19(11-16(14)3)20-12-31-24-22(20)25(30)28(13-26-24)18(5)23(29)27-21-8-6-7-15(2)17(21)4/h6-13,18H,1-5H3,(H,27,29). The SMILES string of the molecule is Cc1ccc(-c2csc3ncn(C(C)C(=O)Nc4cccc(C)c4C)c(=O)c23)cc1C. The van der Waals surface area contributed by atoms with Crippen LogP contribution in [0.15, 0.2) is 52.9 Å². The third-order valence-electron chi connectivity index (χ3n) is 6.00. The fourth-order valence-electron chi connectivity index (χ4n) is 3.59. The lowest BCUT2D eigenvalue weighted by atomic mass is 10.0. The summed E-state index contributed by atoms with van der Waals surface area (Å²) in [5.74, 6) is -0.250. The fraction of sp³-hybridized carbons (Fsp3) is 0.240. The summed E-state index contributed by atoms with van der Waals surface area (Å²) in [6, 6.07) is 11.3. The van der Waals surface area contributed by atoms with E-state index in [2.05, 4.69) is 36.3 Å². The van der Waals surface area contributed by atoms with Gasteiger partial charge in [-0.1, -0.05) is 30.3 Å². The summed E-state index contributed by atoms with van der Waals surface area (Å²) in [4.78, 5) is 31.5. The van der Waals surface area contributed by atoms with Gasteiger partial charge in [0, 0.05) is 16.6 Å². The Morgan fingerprint density at radius 3 is 2.58 bits per heavy atom. The zero-order valence-electron chi connectivity index (χ0n) is 18.3. The first-order valence-corrected chi connectivity index (χ1v) is 11.1. The van der Waals surface area contributed by atoms with Gasteiger partial charge in [0.25, 0.3) is 5.56 Å². The number of aryl methyl sites for hydroxylation is 3. The molecule has 0 saturated heterocycles. The Hall–Kier alpha value is -3.25. The summed E-state index contributed by atoms with van der Waals surface area (Å²) in [5, 5.41) is 5.48. The number of rotatable bonds is 4. The van der Waals surface area contributed by atoms with Crippen LogP contribution in [0.3, 0.4) is 0 Å². The molecule has 1 atom stereocenters. The monoisotopic (exact) mass is 431 g/mol. The summed E-state index contributed by atoms with van der Waals surface area (Å²) < 4.78 is 1.42. The molecule has 0 aliphatic carbocycles. The van der Waals surface area contributed by atoms with E-state index >= 15 is 0 Å². The molecule has 0 radical (unpaired) electrons. The van der Waals surface area contributed by atoms with E-state index in [1.54, 1.807) is 6.92 Å². The van der Waals surface area contributed by atoms with Crippen molar-refractivity contribution >= 4 is 33.1 Å². The summed E-state index contributed by atoms with van der Waals surface area (Å²) >= 11 is 1.44. The normalized spacial score (nSPS) is 12.2. The van der Waals surface area contributed by atoms with Crippen molar-refractivity contribution in [1.82, 2.24) is 9.55 Å². The molecule has 4 aromatic rings. The van der Waals surface area contributed by atoms with Gasteiger partial charge in [0.2, 0.25) is 5.91 Å². The molecule has 1 N–H and O–H groups in total. The van der Waals surface area contributed by atoms with Gasteiger partial charge in [0.05, 0.1) is 11.7 Å². The Kier molecular flexibility index (Phi) is 5.50. The number of nitrogens with zero attached hydrogens (tertiary/aromatic N) is 2. The number of carbonyl (C=O) groups excluding carboxylic acids is 1. The van der Waals surface area contributed by atoms with Gasteiger partial charge < -0.3 is 5.32 Å². The maximum Gasteiger partial charge on any atom is 0.263 e. The number of aromatic nitrogens is 2. The highest BCUT2D eigenvalue weighted by Gasteiger charge is 2.21. The zero-order valence-corrected chi connectivity index (χ0v) is 19.1. The highest BCUT2D eigenvalue weighted by atomic mass is 32.1. The second kappa shape index (κ2) is 8.12. The van der Waals surface area contributed by atoms with Crippen LogP contribution in [0, 0.1) is 27.7 Å². The van der Waals surface area contributed by atoms with Crippen molar-refractivity contribution in [2.45, 2.75) is 40.7 Å². The molecule has 0 spiro atoms. The first-order chi connectivity index (χ1) is 14.8. The molecule has 2 aromatic heterocycles. The van der Waals surface area contributed by atoms with Gasteiger partial charge >= 0.3 is 0 Å². The minimum Gasteiger partial charge on any atom is -0.324 e. The Morgan fingerprint density at radius 2 is 1.84 bits per heavy atom. The van der Waals surface area contributed by atoms with Crippen molar-refractivity contribution in [3.05, 3.63) is 80.7 Å². The van der Waals surface area contributed by atoms with E-state index in [0.29, 0.717) is 10.2 Å². The maximum atomic E-state index is 13.4. The molecule has 1 amide bonds. The van der Waals surface area contributed by atoms with E-state index in [0.717, 1.165) is 27.9 Å². The molecule has 2 aromatic carbocycles. The second-order valence-electron chi connectivity index (χ2n) is 8.00. The van der Waals surface area contributed by atoms with Crippen molar-refractivity contribution in [2.75, 3.05) is 5.32 Å². The Labute approximate surface area is 185 Å². The lowest BCUT2D eigenvalue weighted by Crippen LogP contribution is -2.32. The fourth-order valence-corrected chi connectivity index (χ4v) is 4.50. The van der Waals surface area contributed by atoms with Gasteiger partial charge in [-0.2, -0.15) is 0 Å². The smallest absolute Gasteiger partial charge is 0.263 e. The predicted molar refractivity (Wildman–Crippen MR) is 128 cm³/mol. The molecule has 0 bridgehead atoms. The topological polar surface area (TPSA) is 64.0 Å². The van der Waals surface area contributed by atoms with Crippen LogP contribution < -0.4 is 10.9 Å². The van der Waals surface area contributed by atoms with Gasteiger partial charge in [-0.05, 0) is 68.5 Å². The van der Waals surface area contributed by atoms with Crippen molar-refractivity contribution in [3.63, 3.8) is 0 Å². The average Bonchev–Trinajstić information content (AvgIpc) is 3.18. The van der Waals surface area contributed by atoms with Gasteiger partial charge in [-0.25, -0.2) is 4.98 Å². The van der Waals surface area contributed by atoms with Crippen molar-refractivity contribution in [2.24, 2.45) is 0 Å². The highest BCUT2D eigenvalue weighted by Crippen LogP contribution is 2.32. The van der Waals surface area contributed by atoms with Crippen LogP contribution in [0.1, 0.15) is 35.2 Å². The summed E-state index contributed by atoms with van der Waals surface area (Å²) in [7, 11) is 0. The number of benzene rings is 2. The van der Waals surface area contributed by atoms with Crippen LogP contribution in [-0.2, 0) is 4.79 Å². The number of thiophene rings is 1. The van der Waals surface area contributed by atoms with Crippen LogP contribution in [-0.4, -0.2) is 15.5 Å². The van der Waals surface area contributed by atoms with Gasteiger partial charge in [-0.15, -0.1) is 11.3 Å². The lowest BCUT2D eigenvalue weighted by molar-refractivity contribution is -0.118. The van der Waals surface area contributed by atoms with Crippen molar-refractivity contribution in [1.29, 1.82) is 0 Å². The van der Waals surface area contributed by atoms with Crippen LogP contribution >= 0.6 is 11.3 Å². The largest absolute Gasteiger partial charge is 0.324 e. The third-order valence-corrected chi connectivity index (χ3v) is 6.88. The molecule has 31 heavy (non-hydrogen) atoms. The van der Waals surface area contributed by atoms with Gasteiger partial charge in [0.15, 0.2) is 0 Å². The second-order valence-corrected chi connectivity index (χ2v) is 8.86. The number of hydrogen-bond donors (Lipinski definition) is 1. The van der Waals surface area contributed by atoms with E-state index in [4.69, 9.17) is 0 Å². The number of hydrogen-bond acceptors (Lipinski definition) is 4. The predicted octanol–water partition coefficient (Wildman–Crippen LogP) is 5.56. The molecule has 158 valence electrons. The van der Waals surface area contributed by atoms with E-state index in [9.17, 15) is 9.59 Å². The molecular weight excluding hydrogens is 406 g/mol. The number of amides is 1. The highest BCUT2D eigenvalue weighted by molar-refractivity contribution is 7.17. The van der Waals surface area contributed by atoms with Gasteiger partial charge in [-0.3, -0.25) is 14.2 Å². The van der Waals surface area contributed by atoms with Crippen LogP contribution in [0.25, 0.3) is 21.3 Å². The maximum absolute atomic E-state index is 13.4. The quantitative estimate of drug-likeness (QED) is 0.460. The molecule has 5 nitrogen and oxygen atoms in total. The molecular formula is C25H25N3O2S. The first-order valence-electron chi connectivity index (χ1n) is 10.2. The summed E-state index contributed by atoms with van der Waals surface area (Å²) in [5.41, 5.74) is 6.88. The average molecular weight is 432 g/mol. The number of carbonyl (C=O) groups is 1. The molecule has 2 heterocycles.